The number of benzene rings is 1. The van der Waals surface area contributed by atoms with E-state index in [1.54, 1.807) is 13.3 Å². The van der Waals surface area contributed by atoms with Crippen molar-refractivity contribution in [3.63, 3.8) is 0 Å². The fraction of sp³-hybridized carbons (Fsp3) is 0.231. The number of nitrogens with zero attached hydrogens (tertiary/aromatic N) is 2. The lowest BCUT2D eigenvalue weighted by Gasteiger charge is -2.06. The number of methoxy groups -OCH3 is 1. The molecule has 2 aromatic rings. The van der Waals surface area contributed by atoms with Gasteiger partial charge >= 0.3 is 0 Å². The number of aromatic nitrogens is 2. The molecule has 0 unspecified atom stereocenters. The SMILES string of the molecule is COc1ccc(-c2ccnc(NCCO)n2)cc1. The average molecular weight is 245 g/mol. The van der Waals surface area contributed by atoms with Gasteiger partial charge in [0.15, 0.2) is 0 Å². The molecule has 0 aliphatic heterocycles. The summed E-state index contributed by atoms with van der Waals surface area (Å²) < 4.78 is 5.11. The number of rotatable bonds is 5. The Balaban J connectivity index is 2.20. The molecular weight excluding hydrogens is 230 g/mol. The maximum absolute atomic E-state index is 8.74. The van der Waals surface area contributed by atoms with Gasteiger partial charge in [-0.15, -0.1) is 0 Å². The molecule has 1 aromatic carbocycles. The third kappa shape index (κ3) is 2.95. The predicted octanol–water partition coefficient (Wildman–Crippen LogP) is 1.56. The van der Waals surface area contributed by atoms with Crippen molar-refractivity contribution < 1.29 is 9.84 Å². The Bertz CT molecular complexity index is 500. The summed E-state index contributed by atoms with van der Waals surface area (Å²) in [5.74, 6) is 1.32. The summed E-state index contributed by atoms with van der Waals surface area (Å²) in [6.45, 7) is 0.488. The van der Waals surface area contributed by atoms with Gasteiger partial charge < -0.3 is 15.2 Å². The molecule has 94 valence electrons. The number of aliphatic hydroxyl groups excluding tert-OH is 1. The van der Waals surface area contributed by atoms with E-state index in [2.05, 4.69) is 15.3 Å². The summed E-state index contributed by atoms with van der Waals surface area (Å²) in [6.07, 6.45) is 1.69. The van der Waals surface area contributed by atoms with Gasteiger partial charge in [0.05, 0.1) is 19.4 Å². The first-order valence-electron chi connectivity index (χ1n) is 5.65. The van der Waals surface area contributed by atoms with Gasteiger partial charge in [-0.2, -0.15) is 0 Å². The van der Waals surface area contributed by atoms with Crippen molar-refractivity contribution in [2.24, 2.45) is 0 Å². The minimum atomic E-state index is 0.0517. The summed E-state index contributed by atoms with van der Waals surface area (Å²) in [7, 11) is 1.64. The first-order valence-corrected chi connectivity index (χ1v) is 5.65. The van der Waals surface area contributed by atoms with E-state index < -0.39 is 0 Å². The zero-order valence-electron chi connectivity index (χ0n) is 10.1. The third-order valence-electron chi connectivity index (χ3n) is 2.44. The van der Waals surface area contributed by atoms with Gasteiger partial charge in [0.1, 0.15) is 5.75 Å². The van der Waals surface area contributed by atoms with E-state index in [9.17, 15) is 0 Å². The van der Waals surface area contributed by atoms with Crippen molar-refractivity contribution in [2.45, 2.75) is 0 Å². The summed E-state index contributed by atoms with van der Waals surface area (Å²) in [5.41, 5.74) is 1.82. The van der Waals surface area contributed by atoms with Crippen LogP contribution in [0.4, 0.5) is 5.95 Å². The summed E-state index contributed by atoms with van der Waals surface area (Å²) in [5, 5.41) is 11.7. The van der Waals surface area contributed by atoms with Crippen molar-refractivity contribution >= 4 is 5.95 Å². The Kier molecular flexibility index (Phi) is 4.09. The number of aliphatic hydroxyl groups is 1. The number of anilines is 1. The van der Waals surface area contributed by atoms with Crippen LogP contribution in [0.15, 0.2) is 36.5 Å². The Morgan fingerprint density at radius 3 is 2.67 bits per heavy atom. The normalized spacial score (nSPS) is 10.1. The number of hydrogen-bond acceptors (Lipinski definition) is 5. The van der Waals surface area contributed by atoms with E-state index in [0.29, 0.717) is 12.5 Å². The maximum Gasteiger partial charge on any atom is 0.223 e. The molecule has 5 heteroatoms. The molecule has 0 radical (unpaired) electrons. The lowest BCUT2D eigenvalue weighted by Crippen LogP contribution is -2.08. The first kappa shape index (κ1) is 12.3. The van der Waals surface area contributed by atoms with Crippen LogP contribution in [0.3, 0.4) is 0 Å². The van der Waals surface area contributed by atoms with Crippen molar-refractivity contribution in [2.75, 3.05) is 25.6 Å². The highest BCUT2D eigenvalue weighted by molar-refractivity contribution is 5.60. The fourth-order valence-electron chi connectivity index (χ4n) is 1.53. The lowest BCUT2D eigenvalue weighted by atomic mass is 10.1. The van der Waals surface area contributed by atoms with Gasteiger partial charge in [-0.25, -0.2) is 9.97 Å². The van der Waals surface area contributed by atoms with Crippen LogP contribution in [0.5, 0.6) is 5.75 Å². The number of ether oxygens (including phenoxy) is 1. The first-order chi connectivity index (χ1) is 8.83. The summed E-state index contributed by atoms with van der Waals surface area (Å²) in [4.78, 5) is 8.44. The van der Waals surface area contributed by atoms with Crippen molar-refractivity contribution in [1.82, 2.24) is 9.97 Å². The van der Waals surface area contributed by atoms with Crippen LogP contribution < -0.4 is 10.1 Å². The van der Waals surface area contributed by atoms with Gasteiger partial charge in [-0.05, 0) is 30.3 Å². The van der Waals surface area contributed by atoms with Gasteiger partial charge in [-0.3, -0.25) is 0 Å². The highest BCUT2D eigenvalue weighted by atomic mass is 16.5. The van der Waals surface area contributed by atoms with Crippen molar-refractivity contribution in [3.8, 4) is 17.0 Å². The Morgan fingerprint density at radius 2 is 2.00 bits per heavy atom. The summed E-state index contributed by atoms with van der Waals surface area (Å²) >= 11 is 0. The van der Waals surface area contributed by atoms with E-state index in [1.807, 2.05) is 30.3 Å². The lowest BCUT2D eigenvalue weighted by molar-refractivity contribution is 0.311. The second-order valence-electron chi connectivity index (χ2n) is 3.64. The molecular formula is C13H15N3O2. The highest BCUT2D eigenvalue weighted by Crippen LogP contribution is 2.20. The quantitative estimate of drug-likeness (QED) is 0.836. The molecule has 5 nitrogen and oxygen atoms in total. The van der Waals surface area contributed by atoms with Crippen LogP contribution in [-0.4, -0.2) is 35.3 Å². The zero-order chi connectivity index (χ0) is 12.8. The smallest absolute Gasteiger partial charge is 0.223 e. The topological polar surface area (TPSA) is 67.3 Å². The molecule has 0 atom stereocenters. The number of hydrogen-bond donors (Lipinski definition) is 2. The Labute approximate surface area is 105 Å². The number of nitrogens with one attached hydrogen (secondary N) is 1. The standard InChI is InChI=1S/C13H15N3O2/c1-18-11-4-2-10(3-5-11)12-6-7-14-13(16-12)15-8-9-17/h2-7,17H,8-9H2,1H3,(H,14,15,16). The molecule has 0 saturated heterocycles. The van der Waals surface area contributed by atoms with Gasteiger partial charge in [0, 0.05) is 18.3 Å². The molecule has 0 fully saturated rings. The van der Waals surface area contributed by atoms with Crippen LogP contribution in [0.1, 0.15) is 0 Å². The third-order valence-corrected chi connectivity index (χ3v) is 2.44. The highest BCUT2D eigenvalue weighted by Gasteiger charge is 2.02. The minimum Gasteiger partial charge on any atom is -0.497 e. The van der Waals surface area contributed by atoms with Crippen LogP contribution in [0.25, 0.3) is 11.3 Å². The van der Waals surface area contributed by atoms with Gasteiger partial charge in [0.2, 0.25) is 5.95 Å². The Morgan fingerprint density at radius 1 is 1.22 bits per heavy atom. The van der Waals surface area contributed by atoms with Crippen LogP contribution >= 0.6 is 0 Å². The van der Waals surface area contributed by atoms with E-state index in [-0.39, 0.29) is 6.61 Å². The molecule has 0 amide bonds. The second-order valence-corrected chi connectivity index (χ2v) is 3.64. The molecule has 2 N–H and O–H groups in total. The molecule has 1 heterocycles. The average Bonchev–Trinajstić information content (AvgIpc) is 2.45. The van der Waals surface area contributed by atoms with E-state index >= 15 is 0 Å². The minimum absolute atomic E-state index is 0.0517. The monoisotopic (exact) mass is 245 g/mol. The van der Waals surface area contributed by atoms with Crippen LogP contribution in [0, 0.1) is 0 Å². The predicted molar refractivity (Wildman–Crippen MR) is 69.6 cm³/mol. The maximum atomic E-state index is 8.74. The zero-order valence-corrected chi connectivity index (χ0v) is 10.1. The largest absolute Gasteiger partial charge is 0.497 e. The van der Waals surface area contributed by atoms with E-state index in [0.717, 1.165) is 17.0 Å². The van der Waals surface area contributed by atoms with Crippen LogP contribution in [-0.2, 0) is 0 Å². The van der Waals surface area contributed by atoms with Crippen molar-refractivity contribution in [1.29, 1.82) is 0 Å². The Hall–Kier alpha value is -2.14. The second kappa shape index (κ2) is 5.97. The van der Waals surface area contributed by atoms with Crippen LogP contribution in [0.2, 0.25) is 0 Å². The molecule has 1 aromatic heterocycles. The van der Waals surface area contributed by atoms with E-state index in [1.165, 1.54) is 0 Å². The van der Waals surface area contributed by atoms with Crippen molar-refractivity contribution in [3.05, 3.63) is 36.5 Å². The molecule has 0 bridgehead atoms. The molecule has 2 rings (SSSR count). The van der Waals surface area contributed by atoms with Gasteiger partial charge in [-0.1, -0.05) is 0 Å². The fourth-order valence-corrected chi connectivity index (χ4v) is 1.53. The molecule has 0 aliphatic rings. The molecule has 0 aliphatic carbocycles. The summed E-state index contributed by atoms with van der Waals surface area (Å²) in [6, 6.07) is 9.50. The molecule has 0 spiro atoms. The van der Waals surface area contributed by atoms with Gasteiger partial charge in [0.25, 0.3) is 0 Å². The molecule has 0 saturated carbocycles. The van der Waals surface area contributed by atoms with E-state index in [4.69, 9.17) is 9.84 Å². The molecule has 18 heavy (non-hydrogen) atoms.